The molecule has 5 aromatic carbocycles. The van der Waals surface area contributed by atoms with Crippen LogP contribution in [-0.2, 0) is 41.5 Å². The van der Waals surface area contributed by atoms with Crippen LogP contribution in [0.3, 0.4) is 0 Å². The number of benzene rings is 4. The van der Waals surface area contributed by atoms with Gasteiger partial charge >= 0.3 is 128 Å². The normalized spacial score (nSPS) is 11.3. The van der Waals surface area contributed by atoms with Crippen molar-refractivity contribution in [2.45, 2.75) is 58.8 Å². The van der Waals surface area contributed by atoms with Gasteiger partial charge in [-0.2, -0.15) is 35.9 Å². The number of hydrogen-bond acceptors (Lipinski definition) is 0. The first kappa shape index (κ1) is 38.7. The minimum atomic E-state index is 0. The van der Waals surface area contributed by atoms with Crippen molar-refractivity contribution < 1.29 is 49.0 Å². The average molecular weight is 829 g/mol. The molecule has 44 heavy (non-hydrogen) atoms. The van der Waals surface area contributed by atoms with E-state index in [1.54, 1.807) is 0 Å². The van der Waals surface area contributed by atoms with Crippen molar-refractivity contribution in [3.63, 3.8) is 0 Å². The van der Waals surface area contributed by atoms with E-state index in [0.29, 0.717) is 0 Å². The maximum absolute atomic E-state index is 3.79. The van der Waals surface area contributed by atoms with Crippen LogP contribution in [0.2, 0.25) is 0 Å². The van der Waals surface area contributed by atoms with E-state index in [-0.39, 0.29) is 35.6 Å². The Morgan fingerprint density at radius 2 is 1.18 bits per heavy atom. The zero-order chi connectivity index (χ0) is 30.5. The van der Waals surface area contributed by atoms with Crippen LogP contribution in [-0.4, -0.2) is 3.21 Å². The Morgan fingerprint density at radius 1 is 0.682 bits per heavy atom. The van der Waals surface area contributed by atoms with Crippen LogP contribution in [0.5, 0.6) is 0 Å². The number of hydrogen-bond donors (Lipinski definition) is 0. The van der Waals surface area contributed by atoms with E-state index in [4.69, 9.17) is 0 Å². The summed E-state index contributed by atoms with van der Waals surface area (Å²) in [6.07, 6.45) is 1.03. The minimum Gasteiger partial charge on any atom is -1.00 e. The fraction of sp³-hybridized carbons (Fsp3) is 0.231. The van der Waals surface area contributed by atoms with Gasteiger partial charge in [-0.1, -0.05) is 82.3 Å². The molecule has 1 aliphatic rings. The fourth-order valence-corrected chi connectivity index (χ4v) is 6.35. The third-order valence-electron chi connectivity index (χ3n) is 7.21. The molecular weight excluding hydrogens is 790 g/mol. The maximum Gasteiger partial charge on any atom is -0.0253 e. The molecule has 0 nitrogen and oxygen atoms in total. The molecule has 0 bridgehead atoms. The van der Waals surface area contributed by atoms with Gasteiger partial charge in [0.05, 0.1) is 0 Å². The van der Waals surface area contributed by atoms with Crippen LogP contribution in [0.1, 0.15) is 74.9 Å². The third-order valence-corrected chi connectivity index (χ3v) is 9.69. The number of rotatable bonds is 2. The van der Waals surface area contributed by atoms with Gasteiger partial charge in [-0.3, -0.25) is 0 Å². The van der Waals surface area contributed by atoms with Gasteiger partial charge < -0.3 is 24.8 Å². The van der Waals surface area contributed by atoms with E-state index in [1.807, 2.05) is 30.3 Å². The molecule has 228 valence electrons. The second-order valence-corrected chi connectivity index (χ2v) is 15.7. The summed E-state index contributed by atoms with van der Waals surface area (Å²) in [6.45, 7) is 13.8. The molecule has 6 rings (SSSR count). The summed E-state index contributed by atoms with van der Waals surface area (Å²) in [7, 11) is 0. The van der Waals surface area contributed by atoms with E-state index < -0.39 is 0 Å². The van der Waals surface area contributed by atoms with Gasteiger partial charge in [-0.15, -0.1) is 16.7 Å². The predicted octanol–water partition coefficient (Wildman–Crippen LogP) is 5.39. The molecule has 0 fully saturated rings. The topological polar surface area (TPSA) is 0 Å². The van der Waals surface area contributed by atoms with Gasteiger partial charge in [0.1, 0.15) is 0 Å². The Balaban J connectivity index is 0.000000260. The Labute approximate surface area is 308 Å². The summed E-state index contributed by atoms with van der Waals surface area (Å²) in [5, 5.41) is 0. The Kier molecular flexibility index (Phi) is 14.9. The molecule has 0 saturated heterocycles. The SMILES string of the molecule is Brc1ccc([C](=[Zr+2])c2ccc(Br)cc2)cc1.CC(C)(C)c1[c-]c2c(cc1C(C)(C)C)-c1ccccc1C2.[Cl-].[Cl-].c1cc[cH-]c1. The number of fused-ring (bicyclic) bond motifs is 3. The number of halogens is 4. The molecule has 0 unspecified atom stereocenters. The molecule has 0 amide bonds. The molecule has 0 atom stereocenters. The van der Waals surface area contributed by atoms with E-state index in [2.05, 4.69) is 158 Å². The van der Waals surface area contributed by atoms with Gasteiger partial charge in [-0.05, 0) is 11.8 Å². The molecule has 5 heteroatoms. The predicted molar refractivity (Wildman–Crippen MR) is 184 cm³/mol. The van der Waals surface area contributed by atoms with Crippen molar-refractivity contribution in [3.05, 3.63) is 158 Å². The van der Waals surface area contributed by atoms with Crippen LogP contribution in [0.4, 0.5) is 0 Å². The van der Waals surface area contributed by atoms with E-state index in [0.717, 1.165) is 15.4 Å². The summed E-state index contributed by atoms with van der Waals surface area (Å²) in [5.41, 5.74) is 11.3. The van der Waals surface area contributed by atoms with Crippen LogP contribution in [0.15, 0.2) is 118 Å². The van der Waals surface area contributed by atoms with Gasteiger partial charge in [0.2, 0.25) is 0 Å². The van der Waals surface area contributed by atoms with Crippen molar-refractivity contribution in [1.82, 2.24) is 0 Å². The first-order valence-electron chi connectivity index (χ1n) is 14.3. The molecule has 0 spiro atoms. The van der Waals surface area contributed by atoms with Crippen molar-refractivity contribution in [2.75, 3.05) is 0 Å². The van der Waals surface area contributed by atoms with Gasteiger partial charge in [-0.25, -0.2) is 12.1 Å². The molecule has 0 aliphatic heterocycles. The molecule has 0 radical (unpaired) electrons. The third kappa shape index (κ3) is 10.3. The van der Waals surface area contributed by atoms with Crippen LogP contribution < -0.4 is 24.8 Å². The standard InChI is InChI=1S/C21H25.C13H8Br2.C5H5.2ClH.Zr/c1-20(2,3)18-12-15-11-14-9-7-8-10-16(14)17(15)13-19(18)21(4,5)6;14-12-5-1-10(2-6-12)9-11-3-7-13(15)8-4-11;1-2-4-5-3-1;;;/h7-10,13H,11H2,1-6H3;1-8H;1-5H;2*1H;/q-1;;-1;;;+2/p-2. The van der Waals surface area contributed by atoms with Crippen LogP contribution in [0.25, 0.3) is 11.1 Å². The van der Waals surface area contributed by atoms with Crippen molar-refractivity contribution >= 4 is 35.1 Å². The smallest absolute Gasteiger partial charge is 0.0253 e. The maximum atomic E-state index is 3.79. The summed E-state index contributed by atoms with van der Waals surface area (Å²) in [6, 6.07) is 41.9. The largest absolute Gasteiger partial charge is 1.00 e. The average Bonchev–Trinajstić information content (AvgIpc) is 3.64. The molecule has 5 aromatic rings. The fourth-order valence-electron chi connectivity index (χ4n) is 5.00. The summed E-state index contributed by atoms with van der Waals surface area (Å²) >= 11 is 8.34. The second-order valence-electron chi connectivity index (χ2n) is 12.6. The second kappa shape index (κ2) is 16.9. The molecule has 0 saturated carbocycles. The van der Waals surface area contributed by atoms with Gasteiger partial charge in [0.25, 0.3) is 0 Å². The first-order valence-corrected chi connectivity index (χ1v) is 17.1. The molecule has 0 heterocycles. The Hall–Kier alpha value is -1.48. The molecule has 0 N–H and O–H groups in total. The van der Waals surface area contributed by atoms with Gasteiger partial charge in [0.15, 0.2) is 0 Å². The molecular formula is C39H38Br2Cl2Zr-2. The summed E-state index contributed by atoms with van der Waals surface area (Å²) in [4.78, 5) is 0. The van der Waals surface area contributed by atoms with Crippen molar-refractivity contribution in [3.8, 4) is 11.1 Å². The first-order chi connectivity index (χ1) is 19.8. The van der Waals surface area contributed by atoms with Crippen LogP contribution >= 0.6 is 31.9 Å². The summed E-state index contributed by atoms with van der Waals surface area (Å²) in [5.74, 6) is 0. The molecule has 0 aromatic heterocycles. The van der Waals surface area contributed by atoms with Crippen molar-refractivity contribution in [2.24, 2.45) is 0 Å². The van der Waals surface area contributed by atoms with E-state index >= 15 is 0 Å². The van der Waals surface area contributed by atoms with E-state index in [1.165, 1.54) is 71.9 Å². The van der Waals surface area contributed by atoms with Crippen molar-refractivity contribution in [1.29, 1.82) is 0 Å². The van der Waals surface area contributed by atoms with E-state index in [9.17, 15) is 0 Å². The minimum absolute atomic E-state index is 0. The summed E-state index contributed by atoms with van der Waals surface area (Å²) < 4.78 is 3.62. The van der Waals surface area contributed by atoms with Crippen LogP contribution in [0, 0.1) is 6.07 Å². The Morgan fingerprint density at radius 3 is 1.61 bits per heavy atom. The molecule has 1 aliphatic carbocycles. The van der Waals surface area contributed by atoms with Gasteiger partial charge in [0, 0.05) is 0 Å². The zero-order valence-corrected chi connectivity index (χ0v) is 33.3. The Bertz CT molecular complexity index is 1560. The zero-order valence-electron chi connectivity index (χ0n) is 26.1. The monoisotopic (exact) mass is 824 g/mol. The quantitative estimate of drug-likeness (QED) is 0.206.